The molecule has 3 aromatic rings. The van der Waals surface area contributed by atoms with E-state index >= 15 is 0 Å². The maximum atomic E-state index is 12.5. The molecule has 0 fully saturated rings. The summed E-state index contributed by atoms with van der Waals surface area (Å²) in [6.45, 7) is 0. The predicted molar refractivity (Wildman–Crippen MR) is 89.8 cm³/mol. The molecule has 3 N–H and O–H groups in total. The molecule has 3 aromatic carbocycles. The fraction of sp³-hybridized carbons (Fsp3) is 0. The molecule has 122 valence electrons. The molecular formula is C17H13NO5S. The van der Waals surface area contributed by atoms with Gasteiger partial charge < -0.3 is 10.4 Å². The molecule has 0 aliphatic carbocycles. The Morgan fingerprint density at radius 2 is 1.58 bits per heavy atom. The maximum absolute atomic E-state index is 12.5. The van der Waals surface area contributed by atoms with Crippen LogP contribution in [-0.4, -0.2) is 24.0 Å². The van der Waals surface area contributed by atoms with Crippen LogP contribution in [0, 0.1) is 0 Å². The smallest absolute Gasteiger partial charge is 0.294 e. The number of carbonyl (C=O) groups is 1. The summed E-state index contributed by atoms with van der Waals surface area (Å²) in [7, 11) is -4.29. The van der Waals surface area contributed by atoms with Crippen LogP contribution in [0.5, 0.6) is 5.75 Å². The van der Waals surface area contributed by atoms with Gasteiger partial charge >= 0.3 is 0 Å². The van der Waals surface area contributed by atoms with Crippen LogP contribution in [0.1, 0.15) is 10.4 Å². The topological polar surface area (TPSA) is 104 Å². The Kier molecular flexibility index (Phi) is 3.96. The summed E-state index contributed by atoms with van der Waals surface area (Å²) in [5, 5.41) is 14.0. The lowest BCUT2D eigenvalue weighted by atomic mass is 10.0. The van der Waals surface area contributed by atoms with Gasteiger partial charge in [-0.1, -0.05) is 30.3 Å². The van der Waals surface area contributed by atoms with Crippen molar-refractivity contribution >= 4 is 32.5 Å². The monoisotopic (exact) mass is 343 g/mol. The van der Waals surface area contributed by atoms with Gasteiger partial charge in [0.25, 0.3) is 16.0 Å². The first-order chi connectivity index (χ1) is 11.4. The first-order valence-electron chi connectivity index (χ1n) is 6.96. The summed E-state index contributed by atoms with van der Waals surface area (Å²) in [5.41, 5.74) is 0.465. The van der Waals surface area contributed by atoms with Gasteiger partial charge in [0.1, 0.15) is 5.75 Å². The zero-order chi connectivity index (χ0) is 17.3. The highest BCUT2D eigenvalue weighted by Gasteiger charge is 2.16. The van der Waals surface area contributed by atoms with E-state index in [1.165, 1.54) is 30.3 Å². The first-order valence-corrected chi connectivity index (χ1v) is 8.40. The molecule has 0 unspecified atom stereocenters. The summed E-state index contributed by atoms with van der Waals surface area (Å²) in [6.07, 6.45) is 0. The second-order valence-electron chi connectivity index (χ2n) is 5.13. The third-order valence-corrected chi connectivity index (χ3v) is 4.41. The number of nitrogens with one attached hydrogen (secondary N) is 1. The zero-order valence-electron chi connectivity index (χ0n) is 12.3. The van der Waals surface area contributed by atoms with Gasteiger partial charge in [0.15, 0.2) is 0 Å². The lowest BCUT2D eigenvalue weighted by Crippen LogP contribution is -2.12. The molecular weight excluding hydrogens is 330 g/mol. The summed E-state index contributed by atoms with van der Waals surface area (Å²) >= 11 is 0. The molecule has 0 aliphatic heterocycles. The maximum Gasteiger partial charge on any atom is 0.294 e. The summed E-state index contributed by atoms with van der Waals surface area (Å²) in [6, 6.07) is 15.3. The molecule has 3 rings (SSSR count). The molecule has 0 saturated carbocycles. The van der Waals surface area contributed by atoms with E-state index in [0.717, 1.165) is 5.39 Å². The zero-order valence-corrected chi connectivity index (χ0v) is 13.1. The van der Waals surface area contributed by atoms with E-state index in [4.69, 9.17) is 4.55 Å². The van der Waals surface area contributed by atoms with Gasteiger partial charge in [-0.2, -0.15) is 8.42 Å². The second-order valence-corrected chi connectivity index (χ2v) is 6.56. The molecule has 0 saturated heterocycles. The van der Waals surface area contributed by atoms with Crippen LogP contribution in [-0.2, 0) is 10.1 Å². The van der Waals surface area contributed by atoms with Gasteiger partial charge in [-0.15, -0.1) is 0 Å². The van der Waals surface area contributed by atoms with E-state index < -0.39 is 16.0 Å². The van der Waals surface area contributed by atoms with Crippen molar-refractivity contribution in [3.63, 3.8) is 0 Å². The van der Waals surface area contributed by atoms with Gasteiger partial charge in [-0.25, -0.2) is 0 Å². The molecule has 0 aliphatic rings. The average molecular weight is 343 g/mol. The van der Waals surface area contributed by atoms with Crippen molar-refractivity contribution in [1.29, 1.82) is 0 Å². The highest BCUT2D eigenvalue weighted by atomic mass is 32.2. The lowest BCUT2D eigenvalue weighted by molar-refractivity contribution is 0.102. The number of phenolic OH excluding ortho intramolecular Hbond substituents is 1. The Morgan fingerprint density at radius 3 is 2.25 bits per heavy atom. The third-order valence-electron chi connectivity index (χ3n) is 3.54. The standard InChI is InChI=1S/C17H13NO5S/c19-15-10-5-11-3-1-2-4-14(11)16(15)17(20)18-12-6-8-13(9-7-12)24(21,22)23/h1-10,19H,(H,18,20)(H,21,22,23). The molecule has 6 nitrogen and oxygen atoms in total. The molecule has 0 atom stereocenters. The van der Waals surface area contributed by atoms with Gasteiger partial charge in [0.2, 0.25) is 0 Å². The Balaban J connectivity index is 1.95. The van der Waals surface area contributed by atoms with Crippen molar-refractivity contribution < 1.29 is 22.9 Å². The molecule has 0 aromatic heterocycles. The first kappa shape index (κ1) is 16.0. The van der Waals surface area contributed by atoms with Gasteiger partial charge in [-0.05, 0) is 41.1 Å². The second kappa shape index (κ2) is 5.95. The van der Waals surface area contributed by atoms with Gasteiger partial charge in [-0.3, -0.25) is 9.35 Å². The van der Waals surface area contributed by atoms with E-state index in [1.54, 1.807) is 18.2 Å². The Labute approximate surface area is 138 Å². The van der Waals surface area contributed by atoms with Crippen LogP contribution in [0.3, 0.4) is 0 Å². The largest absolute Gasteiger partial charge is 0.507 e. The molecule has 0 spiro atoms. The van der Waals surface area contributed by atoms with Crippen molar-refractivity contribution in [3.05, 3.63) is 66.2 Å². The van der Waals surface area contributed by atoms with Crippen LogP contribution >= 0.6 is 0 Å². The minimum absolute atomic E-state index is 0.131. The number of aromatic hydroxyl groups is 1. The summed E-state index contributed by atoms with van der Waals surface area (Å²) in [4.78, 5) is 12.2. The highest BCUT2D eigenvalue weighted by Crippen LogP contribution is 2.28. The van der Waals surface area contributed by atoms with Crippen LogP contribution in [0.4, 0.5) is 5.69 Å². The van der Waals surface area contributed by atoms with E-state index in [0.29, 0.717) is 11.1 Å². The summed E-state index contributed by atoms with van der Waals surface area (Å²) in [5.74, 6) is -0.676. The number of anilines is 1. The summed E-state index contributed by atoms with van der Waals surface area (Å²) < 4.78 is 31.0. The Hall–Kier alpha value is -2.90. The number of hydrogen-bond acceptors (Lipinski definition) is 4. The van der Waals surface area contributed by atoms with Crippen LogP contribution < -0.4 is 5.32 Å². The average Bonchev–Trinajstić information content (AvgIpc) is 2.54. The van der Waals surface area contributed by atoms with Crippen molar-refractivity contribution in [2.45, 2.75) is 4.90 Å². The van der Waals surface area contributed by atoms with E-state index in [1.807, 2.05) is 12.1 Å². The number of benzene rings is 3. The fourth-order valence-corrected chi connectivity index (χ4v) is 2.88. The van der Waals surface area contributed by atoms with E-state index in [-0.39, 0.29) is 16.2 Å². The number of phenols is 1. The Bertz CT molecular complexity index is 1030. The minimum atomic E-state index is -4.29. The van der Waals surface area contributed by atoms with E-state index in [9.17, 15) is 18.3 Å². The Morgan fingerprint density at radius 1 is 0.917 bits per heavy atom. The quantitative estimate of drug-likeness (QED) is 0.634. The van der Waals surface area contributed by atoms with Crippen molar-refractivity contribution in [2.75, 3.05) is 5.32 Å². The van der Waals surface area contributed by atoms with E-state index in [2.05, 4.69) is 5.32 Å². The molecule has 0 heterocycles. The molecule has 0 radical (unpaired) electrons. The molecule has 0 bridgehead atoms. The van der Waals surface area contributed by atoms with Crippen molar-refractivity contribution in [2.24, 2.45) is 0 Å². The molecule has 7 heteroatoms. The molecule has 24 heavy (non-hydrogen) atoms. The number of carbonyl (C=O) groups excluding carboxylic acids is 1. The number of fused-ring (bicyclic) bond motifs is 1. The van der Waals surface area contributed by atoms with Gasteiger partial charge in [0.05, 0.1) is 10.5 Å². The number of amides is 1. The normalized spacial score (nSPS) is 11.4. The van der Waals surface area contributed by atoms with Crippen LogP contribution in [0.25, 0.3) is 10.8 Å². The lowest BCUT2D eigenvalue weighted by Gasteiger charge is -2.10. The fourth-order valence-electron chi connectivity index (χ4n) is 2.40. The number of rotatable bonds is 3. The molecule has 1 amide bonds. The number of hydrogen-bond donors (Lipinski definition) is 3. The minimum Gasteiger partial charge on any atom is -0.507 e. The highest BCUT2D eigenvalue weighted by molar-refractivity contribution is 7.85. The third kappa shape index (κ3) is 3.08. The van der Waals surface area contributed by atoms with Crippen molar-refractivity contribution in [3.8, 4) is 5.75 Å². The predicted octanol–water partition coefficient (Wildman–Crippen LogP) is 3.04. The van der Waals surface area contributed by atoms with Crippen LogP contribution in [0.15, 0.2) is 65.6 Å². The van der Waals surface area contributed by atoms with Crippen LogP contribution in [0.2, 0.25) is 0 Å². The van der Waals surface area contributed by atoms with Crippen molar-refractivity contribution in [1.82, 2.24) is 0 Å². The van der Waals surface area contributed by atoms with Gasteiger partial charge in [0, 0.05) is 5.69 Å². The SMILES string of the molecule is O=C(Nc1ccc(S(=O)(=O)O)cc1)c1c(O)ccc2ccccc12.